The first kappa shape index (κ1) is 22.4. The van der Waals surface area contributed by atoms with Crippen molar-refractivity contribution in [3.05, 3.63) is 42.1 Å². The molecule has 2 rings (SSSR count). The highest BCUT2D eigenvalue weighted by Crippen LogP contribution is 2.21. The van der Waals surface area contributed by atoms with Gasteiger partial charge in [-0.3, -0.25) is 0 Å². The number of hydrogen-bond acceptors (Lipinski definition) is 4. The van der Waals surface area contributed by atoms with Gasteiger partial charge in [-0.15, -0.1) is 0 Å². The van der Waals surface area contributed by atoms with Gasteiger partial charge in [-0.05, 0) is 55.7 Å². The van der Waals surface area contributed by atoms with E-state index < -0.39 is 0 Å². The van der Waals surface area contributed by atoms with Crippen LogP contribution in [0.5, 0.6) is 5.75 Å². The minimum absolute atomic E-state index is 0.382. The van der Waals surface area contributed by atoms with Gasteiger partial charge in [-0.2, -0.15) is 10.2 Å². The summed E-state index contributed by atoms with van der Waals surface area (Å²) < 4.78 is 11.5. The van der Waals surface area contributed by atoms with Crippen LogP contribution in [0.15, 0.2) is 36.4 Å². The Bertz CT molecular complexity index is 641. The number of nitrogens with zero attached hydrogens (tertiary/aromatic N) is 2. The van der Waals surface area contributed by atoms with Crippen LogP contribution in [0.1, 0.15) is 65.0 Å². The summed E-state index contributed by atoms with van der Waals surface area (Å²) in [6.45, 7) is 8.81. The molecule has 0 bridgehead atoms. The van der Waals surface area contributed by atoms with E-state index in [4.69, 9.17) is 9.47 Å². The molecule has 0 aliphatic carbocycles. The summed E-state index contributed by atoms with van der Waals surface area (Å²) in [5.41, 5.74) is 3.05. The summed E-state index contributed by atoms with van der Waals surface area (Å²) in [4.78, 5) is 0. The third-order valence-electron chi connectivity index (χ3n) is 4.74. The van der Waals surface area contributed by atoms with E-state index in [1.54, 1.807) is 0 Å². The molecule has 1 aromatic carbocycles. The number of ether oxygens (including phenoxy) is 2. The molecule has 0 N–H and O–H groups in total. The van der Waals surface area contributed by atoms with Gasteiger partial charge in [0.05, 0.1) is 24.6 Å². The number of aromatic nitrogens is 2. The van der Waals surface area contributed by atoms with Crippen molar-refractivity contribution in [1.29, 1.82) is 0 Å². The average molecular weight is 385 g/mol. The lowest BCUT2D eigenvalue weighted by molar-refractivity contribution is 0.0831. The molecule has 0 radical (unpaired) electrons. The quantitative estimate of drug-likeness (QED) is 0.369. The first-order chi connectivity index (χ1) is 13.7. The molecule has 0 saturated heterocycles. The third kappa shape index (κ3) is 8.39. The molecular weight excluding hydrogens is 348 g/mol. The molecule has 0 saturated carbocycles. The molecule has 1 atom stereocenters. The number of aryl methyl sites for hydroxylation is 1. The second-order valence-electron chi connectivity index (χ2n) is 7.59. The number of benzene rings is 1. The fraction of sp³-hybridized carbons (Fsp3) is 0.583. The summed E-state index contributed by atoms with van der Waals surface area (Å²) in [5.74, 6) is 1.26. The molecule has 0 spiro atoms. The van der Waals surface area contributed by atoms with Crippen molar-refractivity contribution in [3.8, 4) is 17.0 Å². The summed E-state index contributed by atoms with van der Waals surface area (Å²) in [6.07, 6.45) is 8.32. The van der Waals surface area contributed by atoms with Crippen LogP contribution in [-0.2, 0) is 11.2 Å². The second-order valence-corrected chi connectivity index (χ2v) is 7.59. The van der Waals surface area contributed by atoms with E-state index in [2.05, 4.69) is 43.1 Å². The highest BCUT2D eigenvalue weighted by Gasteiger charge is 2.05. The van der Waals surface area contributed by atoms with E-state index in [1.165, 1.54) is 32.1 Å². The maximum atomic E-state index is 5.88. The molecule has 2 aromatic rings. The lowest BCUT2D eigenvalue weighted by Gasteiger charge is -2.13. The minimum Gasteiger partial charge on any atom is -0.493 e. The van der Waals surface area contributed by atoms with Crippen molar-refractivity contribution >= 4 is 0 Å². The molecule has 0 aliphatic heterocycles. The fourth-order valence-electron chi connectivity index (χ4n) is 2.92. The second kappa shape index (κ2) is 13.3. The zero-order valence-corrected chi connectivity index (χ0v) is 17.8. The van der Waals surface area contributed by atoms with Gasteiger partial charge in [0.15, 0.2) is 0 Å². The first-order valence-corrected chi connectivity index (χ1v) is 10.9. The van der Waals surface area contributed by atoms with Crippen LogP contribution < -0.4 is 4.74 Å². The summed E-state index contributed by atoms with van der Waals surface area (Å²) in [6, 6.07) is 12.2. The topological polar surface area (TPSA) is 44.2 Å². The van der Waals surface area contributed by atoms with E-state index >= 15 is 0 Å². The summed E-state index contributed by atoms with van der Waals surface area (Å²) in [5, 5.41) is 8.77. The van der Waals surface area contributed by atoms with Crippen LogP contribution in [0.3, 0.4) is 0 Å². The van der Waals surface area contributed by atoms with Gasteiger partial charge >= 0.3 is 0 Å². The fourth-order valence-corrected chi connectivity index (χ4v) is 2.92. The summed E-state index contributed by atoms with van der Waals surface area (Å²) in [7, 11) is 0. The molecule has 154 valence electrons. The molecule has 4 heteroatoms. The number of hydrogen-bond donors (Lipinski definition) is 0. The molecule has 0 amide bonds. The van der Waals surface area contributed by atoms with Crippen molar-refractivity contribution in [2.24, 2.45) is 5.92 Å². The first-order valence-electron chi connectivity index (χ1n) is 10.9. The molecule has 1 aromatic heterocycles. The zero-order valence-electron chi connectivity index (χ0n) is 17.8. The maximum Gasteiger partial charge on any atom is 0.119 e. The summed E-state index contributed by atoms with van der Waals surface area (Å²) >= 11 is 0. The molecule has 1 heterocycles. The molecule has 0 aliphatic rings. The Morgan fingerprint density at radius 3 is 2.29 bits per heavy atom. The third-order valence-corrected chi connectivity index (χ3v) is 4.74. The van der Waals surface area contributed by atoms with Gasteiger partial charge in [-0.25, -0.2) is 0 Å². The Balaban J connectivity index is 1.77. The standard InChI is InChI=1S/C24H36N2O2/c1-4-6-8-9-10-22-13-16-24(26-25-22)21-11-14-23(15-12-21)28-19-20(3)18-27-17-7-5-2/h11-16,20H,4-10,17-19H2,1-3H3/t20-/m0/s1. The van der Waals surface area contributed by atoms with Gasteiger partial charge < -0.3 is 9.47 Å². The van der Waals surface area contributed by atoms with Gasteiger partial charge in [0.25, 0.3) is 0 Å². The van der Waals surface area contributed by atoms with Crippen molar-refractivity contribution in [2.75, 3.05) is 19.8 Å². The van der Waals surface area contributed by atoms with Crippen molar-refractivity contribution in [2.45, 2.75) is 65.7 Å². The zero-order chi connectivity index (χ0) is 20.0. The SMILES string of the molecule is CCCCCCc1ccc(-c2ccc(OC[C@@H](C)COCCCC)cc2)nn1. The average Bonchev–Trinajstić information content (AvgIpc) is 2.74. The van der Waals surface area contributed by atoms with E-state index in [0.29, 0.717) is 12.5 Å². The van der Waals surface area contributed by atoms with E-state index in [1.807, 2.05) is 24.3 Å². The van der Waals surface area contributed by atoms with Crippen LogP contribution in [0.25, 0.3) is 11.3 Å². The maximum absolute atomic E-state index is 5.88. The van der Waals surface area contributed by atoms with Crippen LogP contribution >= 0.6 is 0 Å². The monoisotopic (exact) mass is 384 g/mol. The smallest absolute Gasteiger partial charge is 0.119 e. The molecule has 28 heavy (non-hydrogen) atoms. The van der Waals surface area contributed by atoms with Gasteiger partial charge in [0.2, 0.25) is 0 Å². The van der Waals surface area contributed by atoms with Crippen LogP contribution in [-0.4, -0.2) is 30.0 Å². The molecule has 0 unspecified atom stereocenters. The molecule has 0 fully saturated rings. The van der Waals surface area contributed by atoms with Crippen LogP contribution in [0, 0.1) is 5.92 Å². The van der Waals surface area contributed by atoms with Gasteiger partial charge in [0.1, 0.15) is 5.75 Å². The normalized spacial score (nSPS) is 12.1. The predicted octanol–water partition coefficient (Wildman–Crippen LogP) is 6.10. The Kier molecular flexibility index (Phi) is 10.6. The van der Waals surface area contributed by atoms with Gasteiger partial charge in [-0.1, -0.05) is 46.5 Å². The van der Waals surface area contributed by atoms with E-state index in [9.17, 15) is 0 Å². The van der Waals surface area contributed by atoms with Crippen LogP contribution in [0.2, 0.25) is 0 Å². The largest absolute Gasteiger partial charge is 0.493 e. The molecular formula is C24H36N2O2. The predicted molar refractivity (Wildman–Crippen MR) is 116 cm³/mol. The highest BCUT2D eigenvalue weighted by molar-refractivity contribution is 5.59. The Morgan fingerprint density at radius 2 is 1.61 bits per heavy atom. The minimum atomic E-state index is 0.382. The van der Waals surface area contributed by atoms with Crippen molar-refractivity contribution in [3.63, 3.8) is 0 Å². The number of unbranched alkanes of at least 4 members (excludes halogenated alkanes) is 4. The van der Waals surface area contributed by atoms with Crippen LogP contribution in [0.4, 0.5) is 0 Å². The number of rotatable bonds is 14. The van der Waals surface area contributed by atoms with E-state index in [0.717, 1.165) is 48.8 Å². The Hall–Kier alpha value is -1.94. The van der Waals surface area contributed by atoms with Crippen molar-refractivity contribution < 1.29 is 9.47 Å². The Morgan fingerprint density at radius 1 is 0.821 bits per heavy atom. The van der Waals surface area contributed by atoms with E-state index in [-0.39, 0.29) is 0 Å². The lowest BCUT2D eigenvalue weighted by atomic mass is 10.1. The molecule has 4 nitrogen and oxygen atoms in total. The lowest BCUT2D eigenvalue weighted by Crippen LogP contribution is -2.15. The van der Waals surface area contributed by atoms with Crippen molar-refractivity contribution in [1.82, 2.24) is 10.2 Å². The highest BCUT2D eigenvalue weighted by atomic mass is 16.5. The Labute approximate surface area is 170 Å². The van der Waals surface area contributed by atoms with Gasteiger partial charge in [0, 0.05) is 18.1 Å².